The highest BCUT2D eigenvalue weighted by atomic mass is 32.2. The van der Waals surface area contributed by atoms with E-state index in [2.05, 4.69) is 0 Å². The van der Waals surface area contributed by atoms with Gasteiger partial charge in [-0.1, -0.05) is 23.4 Å². The van der Waals surface area contributed by atoms with Crippen LogP contribution in [0.2, 0.25) is 0 Å². The Morgan fingerprint density at radius 3 is 2.67 bits per heavy atom. The molecule has 0 radical (unpaired) electrons. The van der Waals surface area contributed by atoms with Gasteiger partial charge in [0, 0.05) is 18.2 Å². The number of carbonyl (C=O) groups is 1. The summed E-state index contributed by atoms with van der Waals surface area (Å²) in [7, 11) is 1.51. The maximum Gasteiger partial charge on any atom is 0.185 e. The summed E-state index contributed by atoms with van der Waals surface area (Å²) in [4.78, 5) is 10.8. The van der Waals surface area contributed by atoms with E-state index in [-0.39, 0.29) is 10.9 Å². The van der Waals surface area contributed by atoms with Gasteiger partial charge in [0.25, 0.3) is 0 Å². The Bertz CT molecular complexity index is 419. The second kappa shape index (κ2) is 6.78. The molecule has 2 atom stereocenters. The normalized spacial score (nSPS) is 14.1. The number of benzene rings is 1. The van der Waals surface area contributed by atoms with Crippen LogP contribution in [-0.4, -0.2) is 34.3 Å². The first kappa shape index (κ1) is 15.0. The van der Waals surface area contributed by atoms with Gasteiger partial charge in [-0.2, -0.15) is 0 Å². The highest BCUT2D eigenvalue weighted by Crippen LogP contribution is 2.29. The van der Waals surface area contributed by atoms with Crippen LogP contribution in [0, 0.1) is 6.92 Å². The molecule has 1 aromatic rings. The Morgan fingerprint density at radius 1 is 1.44 bits per heavy atom. The third kappa shape index (κ3) is 4.01. The van der Waals surface area contributed by atoms with Crippen molar-refractivity contribution >= 4 is 16.9 Å². The molecule has 2 unspecified atom stereocenters. The summed E-state index contributed by atoms with van der Waals surface area (Å²) in [6.07, 6.45) is -2.07. The van der Waals surface area contributed by atoms with Crippen molar-refractivity contribution in [1.29, 1.82) is 0 Å². The average Bonchev–Trinajstić information content (AvgIpc) is 2.34. The predicted octanol–water partition coefficient (Wildman–Crippen LogP) is 1.68. The fraction of sp³-hybridized carbons (Fsp3) is 0.462. The molecule has 0 aliphatic carbocycles. The van der Waals surface area contributed by atoms with Crippen molar-refractivity contribution in [2.24, 2.45) is 0 Å². The molecule has 0 aromatic heterocycles. The summed E-state index contributed by atoms with van der Waals surface area (Å²) in [5.41, 5.74) is 1.51. The van der Waals surface area contributed by atoms with E-state index in [4.69, 9.17) is 4.74 Å². The zero-order valence-corrected chi connectivity index (χ0v) is 11.5. The molecule has 0 heterocycles. The molecule has 0 fully saturated rings. The van der Waals surface area contributed by atoms with E-state index in [1.165, 1.54) is 14.0 Å². The van der Waals surface area contributed by atoms with Crippen molar-refractivity contribution in [2.75, 3.05) is 12.9 Å². The Kier molecular flexibility index (Phi) is 5.65. The number of carbonyl (C=O) groups excluding carboxylic acids is 1. The van der Waals surface area contributed by atoms with Gasteiger partial charge >= 0.3 is 0 Å². The van der Waals surface area contributed by atoms with E-state index in [1.54, 1.807) is 12.1 Å². The second-order valence-corrected chi connectivity index (χ2v) is 5.26. The number of aryl methyl sites for hydroxylation is 1. The van der Waals surface area contributed by atoms with Crippen LogP contribution < -0.4 is 4.74 Å². The Labute approximate surface area is 111 Å². The summed E-state index contributed by atoms with van der Waals surface area (Å²) in [5.74, 6) is 0.688. The van der Waals surface area contributed by atoms with Crippen molar-refractivity contribution in [3.05, 3.63) is 29.3 Å². The zero-order chi connectivity index (χ0) is 13.7. The first-order valence-electron chi connectivity index (χ1n) is 5.59. The SMILES string of the molecule is COc1ccc(C)cc1C(O)C(O)CSC(C)=O. The molecule has 1 rings (SSSR count). The molecule has 1 aromatic carbocycles. The van der Waals surface area contributed by atoms with Crippen LogP contribution in [0.3, 0.4) is 0 Å². The number of hydrogen-bond acceptors (Lipinski definition) is 5. The topological polar surface area (TPSA) is 66.8 Å². The van der Waals surface area contributed by atoms with E-state index in [0.717, 1.165) is 17.3 Å². The first-order valence-corrected chi connectivity index (χ1v) is 6.58. The molecule has 0 spiro atoms. The molecule has 0 aliphatic heterocycles. The van der Waals surface area contributed by atoms with Gasteiger partial charge in [-0.3, -0.25) is 4.79 Å². The van der Waals surface area contributed by atoms with Crippen LogP contribution in [0.1, 0.15) is 24.2 Å². The highest BCUT2D eigenvalue weighted by molar-refractivity contribution is 8.13. The highest BCUT2D eigenvalue weighted by Gasteiger charge is 2.22. The number of aliphatic hydroxyl groups is 2. The third-order valence-corrected chi connectivity index (χ3v) is 3.44. The van der Waals surface area contributed by atoms with Crippen LogP contribution in [0.25, 0.3) is 0 Å². The number of methoxy groups -OCH3 is 1. The fourth-order valence-corrected chi connectivity index (χ4v) is 2.17. The van der Waals surface area contributed by atoms with Crippen molar-refractivity contribution in [3.63, 3.8) is 0 Å². The molecule has 2 N–H and O–H groups in total. The molecule has 0 bridgehead atoms. The Balaban J connectivity index is 2.84. The predicted molar refractivity (Wildman–Crippen MR) is 71.8 cm³/mol. The number of thioether (sulfide) groups is 1. The van der Waals surface area contributed by atoms with Crippen molar-refractivity contribution in [3.8, 4) is 5.75 Å². The van der Waals surface area contributed by atoms with Crippen LogP contribution in [-0.2, 0) is 4.79 Å². The molecule has 0 aliphatic rings. The molecule has 100 valence electrons. The summed E-state index contributed by atoms with van der Waals surface area (Å²) in [6, 6.07) is 5.38. The minimum atomic E-state index is -1.06. The summed E-state index contributed by atoms with van der Waals surface area (Å²) in [5, 5.41) is 19.9. The smallest absolute Gasteiger partial charge is 0.185 e. The minimum Gasteiger partial charge on any atom is -0.496 e. The second-order valence-electron chi connectivity index (χ2n) is 4.06. The van der Waals surface area contributed by atoms with E-state index in [9.17, 15) is 15.0 Å². The third-order valence-electron chi connectivity index (χ3n) is 2.53. The van der Waals surface area contributed by atoms with Crippen molar-refractivity contribution in [2.45, 2.75) is 26.1 Å². The lowest BCUT2D eigenvalue weighted by atomic mass is 10.0. The molecule has 0 saturated heterocycles. The van der Waals surface area contributed by atoms with Gasteiger partial charge in [-0.05, 0) is 19.1 Å². The molecule has 0 saturated carbocycles. The molecule has 4 nitrogen and oxygen atoms in total. The maximum absolute atomic E-state index is 10.8. The largest absolute Gasteiger partial charge is 0.496 e. The lowest BCUT2D eigenvalue weighted by molar-refractivity contribution is -0.109. The zero-order valence-electron chi connectivity index (χ0n) is 10.7. The lowest BCUT2D eigenvalue weighted by Gasteiger charge is -2.20. The standard InChI is InChI=1S/C13H18O4S/c1-8-4-5-12(17-3)10(6-8)13(16)11(15)7-18-9(2)14/h4-6,11,13,15-16H,7H2,1-3H3. The van der Waals surface area contributed by atoms with Gasteiger partial charge in [0.1, 0.15) is 11.9 Å². The first-order chi connectivity index (χ1) is 8.45. The van der Waals surface area contributed by atoms with Gasteiger partial charge in [0.05, 0.1) is 13.2 Å². The quantitative estimate of drug-likeness (QED) is 0.852. The van der Waals surface area contributed by atoms with Crippen LogP contribution in [0.5, 0.6) is 5.75 Å². The van der Waals surface area contributed by atoms with E-state index in [0.29, 0.717) is 11.3 Å². The molecule has 0 amide bonds. The van der Waals surface area contributed by atoms with Gasteiger partial charge in [-0.25, -0.2) is 0 Å². The number of aliphatic hydroxyl groups excluding tert-OH is 2. The molecule has 18 heavy (non-hydrogen) atoms. The van der Waals surface area contributed by atoms with Gasteiger partial charge < -0.3 is 14.9 Å². The Hall–Kier alpha value is -1.04. The van der Waals surface area contributed by atoms with Crippen LogP contribution in [0.4, 0.5) is 0 Å². The Morgan fingerprint density at radius 2 is 2.11 bits per heavy atom. The minimum absolute atomic E-state index is 0.0857. The lowest BCUT2D eigenvalue weighted by Crippen LogP contribution is -2.22. The number of rotatable bonds is 5. The molecular formula is C13H18O4S. The maximum atomic E-state index is 10.8. The van der Waals surface area contributed by atoms with Crippen molar-refractivity contribution < 1.29 is 19.7 Å². The number of ether oxygens (including phenoxy) is 1. The molecule has 5 heteroatoms. The van der Waals surface area contributed by atoms with Gasteiger partial charge in [0.2, 0.25) is 0 Å². The fourth-order valence-electron chi connectivity index (χ4n) is 1.59. The van der Waals surface area contributed by atoms with Crippen LogP contribution in [0.15, 0.2) is 18.2 Å². The van der Waals surface area contributed by atoms with Crippen molar-refractivity contribution in [1.82, 2.24) is 0 Å². The van der Waals surface area contributed by atoms with E-state index >= 15 is 0 Å². The van der Waals surface area contributed by atoms with Gasteiger partial charge in [0.15, 0.2) is 5.12 Å². The van der Waals surface area contributed by atoms with E-state index in [1.807, 2.05) is 13.0 Å². The monoisotopic (exact) mass is 270 g/mol. The average molecular weight is 270 g/mol. The summed E-state index contributed by atoms with van der Waals surface area (Å²) >= 11 is 0.990. The summed E-state index contributed by atoms with van der Waals surface area (Å²) in [6.45, 7) is 3.32. The molecular weight excluding hydrogens is 252 g/mol. The van der Waals surface area contributed by atoms with E-state index < -0.39 is 12.2 Å². The van der Waals surface area contributed by atoms with Crippen LogP contribution >= 0.6 is 11.8 Å². The number of hydrogen-bond donors (Lipinski definition) is 2. The van der Waals surface area contributed by atoms with Gasteiger partial charge in [-0.15, -0.1) is 0 Å². The summed E-state index contributed by atoms with van der Waals surface area (Å²) < 4.78 is 5.15.